The Kier molecular flexibility index (Phi) is 9.70. The quantitative estimate of drug-likeness (QED) is 0.617. The molecule has 0 heterocycles. The van der Waals surface area contributed by atoms with Crippen molar-refractivity contribution in [2.45, 2.75) is 47.5 Å². The molecule has 0 unspecified atom stereocenters. The van der Waals surface area contributed by atoms with Gasteiger partial charge in [0.05, 0.1) is 0 Å². The first-order valence-electron chi connectivity index (χ1n) is 7.63. The third-order valence-corrected chi connectivity index (χ3v) is 3.95. The molecule has 0 aliphatic rings. The molecule has 0 atom stereocenters. The average Bonchev–Trinajstić information content (AvgIpc) is 2.38. The van der Waals surface area contributed by atoms with Crippen LogP contribution >= 0.6 is 0 Å². The van der Waals surface area contributed by atoms with Crippen LogP contribution in [0.2, 0.25) is 0 Å². The second-order valence-corrected chi connectivity index (χ2v) is 5.93. The first kappa shape index (κ1) is 17.9. The lowest BCUT2D eigenvalue weighted by atomic mass is 9.89. The summed E-state index contributed by atoms with van der Waals surface area (Å²) in [7, 11) is 0. The molecule has 0 rings (SSSR count). The van der Waals surface area contributed by atoms with Gasteiger partial charge in [0.25, 0.3) is 0 Å². The predicted molar refractivity (Wildman–Crippen MR) is 82.0 cm³/mol. The molecular weight excluding hydrogens is 222 g/mol. The van der Waals surface area contributed by atoms with Crippen LogP contribution in [0.1, 0.15) is 47.5 Å². The summed E-state index contributed by atoms with van der Waals surface area (Å²) in [5.41, 5.74) is 6.07. The Labute approximate surface area is 115 Å². The highest BCUT2D eigenvalue weighted by Gasteiger charge is 2.16. The van der Waals surface area contributed by atoms with Gasteiger partial charge in [-0.15, -0.1) is 0 Å². The molecule has 0 aromatic heterocycles. The maximum Gasteiger partial charge on any atom is -0.000666 e. The summed E-state index contributed by atoms with van der Waals surface area (Å²) in [5.74, 6) is 0. The van der Waals surface area contributed by atoms with Crippen molar-refractivity contribution in [1.29, 1.82) is 0 Å². The van der Waals surface area contributed by atoms with Crippen LogP contribution in [0.5, 0.6) is 0 Å². The number of hydrogen-bond donors (Lipinski definition) is 1. The van der Waals surface area contributed by atoms with E-state index in [0.29, 0.717) is 0 Å². The first-order valence-corrected chi connectivity index (χ1v) is 7.63. The van der Waals surface area contributed by atoms with Crippen LogP contribution in [0.3, 0.4) is 0 Å². The molecule has 0 aromatic carbocycles. The summed E-state index contributed by atoms with van der Waals surface area (Å²) in [6.45, 7) is 19.2. The van der Waals surface area contributed by atoms with Crippen LogP contribution < -0.4 is 5.73 Å². The minimum absolute atomic E-state index is 0.284. The minimum Gasteiger partial charge on any atom is -0.330 e. The monoisotopic (exact) mass is 257 g/mol. The van der Waals surface area contributed by atoms with Crippen LogP contribution in [-0.4, -0.2) is 55.6 Å². The van der Waals surface area contributed by atoms with Crippen molar-refractivity contribution < 1.29 is 0 Å². The van der Waals surface area contributed by atoms with E-state index in [1.807, 2.05) is 0 Å². The minimum atomic E-state index is 0.284. The smallest absolute Gasteiger partial charge is 0.000666 e. The van der Waals surface area contributed by atoms with E-state index < -0.39 is 0 Å². The van der Waals surface area contributed by atoms with E-state index >= 15 is 0 Å². The molecule has 0 bridgehead atoms. The van der Waals surface area contributed by atoms with Gasteiger partial charge in [0.2, 0.25) is 0 Å². The van der Waals surface area contributed by atoms with E-state index in [0.717, 1.165) is 13.1 Å². The van der Waals surface area contributed by atoms with Crippen molar-refractivity contribution in [2.24, 2.45) is 11.1 Å². The maximum absolute atomic E-state index is 5.78. The van der Waals surface area contributed by atoms with E-state index in [9.17, 15) is 0 Å². The number of nitrogens with two attached hydrogens (primary N) is 1. The normalized spacial score (nSPS) is 12.7. The van der Waals surface area contributed by atoms with Crippen molar-refractivity contribution in [2.75, 3.05) is 45.8 Å². The Balaban J connectivity index is 3.83. The average molecular weight is 257 g/mol. The Hall–Kier alpha value is -0.120. The molecule has 0 saturated carbocycles. The van der Waals surface area contributed by atoms with Gasteiger partial charge in [0.15, 0.2) is 0 Å². The molecule has 0 aliphatic heterocycles. The van der Waals surface area contributed by atoms with Crippen molar-refractivity contribution in [3.05, 3.63) is 0 Å². The van der Waals surface area contributed by atoms with Gasteiger partial charge >= 0.3 is 0 Å². The zero-order valence-corrected chi connectivity index (χ0v) is 13.3. The molecule has 3 heteroatoms. The van der Waals surface area contributed by atoms with E-state index in [2.05, 4.69) is 44.4 Å². The molecule has 2 N–H and O–H groups in total. The molecule has 0 aromatic rings. The Morgan fingerprint density at radius 1 is 0.833 bits per heavy atom. The highest BCUT2D eigenvalue weighted by molar-refractivity contribution is 4.71. The van der Waals surface area contributed by atoms with E-state index in [-0.39, 0.29) is 5.41 Å². The molecule has 0 fully saturated rings. The largest absolute Gasteiger partial charge is 0.330 e. The lowest BCUT2D eigenvalue weighted by Gasteiger charge is -2.28. The first-order chi connectivity index (χ1) is 8.49. The van der Waals surface area contributed by atoms with Gasteiger partial charge in [-0.25, -0.2) is 0 Å². The highest BCUT2D eigenvalue weighted by atomic mass is 15.1. The van der Waals surface area contributed by atoms with Crippen molar-refractivity contribution >= 4 is 0 Å². The number of nitrogens with zero attached hydrogens (tertiary/aromatic N) is 2. The lowest BCUT2D eigenvalue weighted by molar-refractivity contribution is 0.211. The van der Waals surface area contributed by atoms with Crippen LogP contribution in [0, 0.1) is 5.41 Å². The summed E-state index contributed by atoms with van der Waals surface area (Å²) in [5, 5.41) is 0. The molecule has 0 aliphatic carbocycles. The fraction of sp³-hybridized carbons (Fsp3) is 1.00. The number of hydrogen-bond acceptors (Lipinski definition) is 3. The lowest BCUT2D eigenvalue weighted by Crippen LogP contribution is -2.34. The maximum atomic E-state index is 5.78. The van der Waals surface area contributed by atoms with Gasteiger partial charge in [0.1, 0.15) is 0 Å². The molecule has 0 radical (unpaired) electrons. The standard InChI is InChI=1S/C15H35N3/c1-6-17(7-2)11-9-12-18(8-3)13-10-15(4,5)14-16/h6-14,16H2,1-5H3. The molecule has 0 spiro atoms. The Morgan fingerprint density at radius 2 is 1.33 bits per heavy atom. The second-order valence-electron chi connectivity index (χ2n) is 5.93. The van der Waals surface area contributed by atoms with Gasteiger partial charge in [-0.2, -0.15) is 0 Å². The van der Waals surface area contributed by atoms with Crippen LogP contribution in [0.25, 0.3) is 0 Å². The summed E-state index contributed by atoms with van der Waals surface area (Å²) < 4.78 is 0. The van der Waals surface area contributed by atoms with Gasteiger partial charge in [0, 0.05) is 0 Å². The van der Waals surface area contributed by atoms with Crippen LogP contribution in [-0.2, 0) is 0 Å². The molecule has 0 saturated heterocycles. The van der Waals surface area contributed by atoms with E-state index in [1.165, 1.54) is 45.6 Å². The Bertz CT molecular complexity index is 188. The zero-order chi connectivity index (χ0) is 14.0. The Morgan fingerprint density at radius 3 is 1.78 bits per heavy atom. The van der Waals surface area contributed by atoms with Crippen LogP contribution in [0.15, 0.2) is 0 Å². The van der Waals surface area contributed by atoms with Gasteiger partial charge in [-0.05, 0) is 64.1 Å². The fourth-order valence-electron chi connectivity index (χ4n) is 2.05. The van der Waals surface area contributed by atoms with E-state index in [1.54, 1.807) is 0 Å². The zero-order valence-electron chi connectivity index (χ0n) is 13.3. The van der Waals surface area contributed by atoms with Crippen molar-refractivity contribution in [3.8, 4) is 0 Å². The topological polar surface area (TPSA) is 32.5 Å². The SMILES string of the molecule is CCN(CC)CCCN(CC)CCC(C)(C)CN. The molecular formula is C15H35N3. The van der Waals surface area contributed by atoms with Crippen LogP contribution in [0.4, 0.5) is 0 Å². The number of rotatable bonds is 11. The second kappa shape index (κ2) is 9.76. The van der Waals surface area contributed by atoms with E-state index in [4.69, 9.17) is 5.73 Å². The summed E-state index contributed by atoms with van der Waals surface area (Å²) in [6.07, 6.45) is 2.47. The van der Waals surface area contributed by atoms with Crippen molar-refractivity contribution in [3.63, 3.8) is 0 Å². The van der Waals surface area contributed by atoms with Gasteiger partial charge in [-0.3, -0.25) is 0 Å². The highest BCUT2D eigenvalue weighted by Crippen LogP contribution is 2.18. The third kappa shape index (κ3) is 8.06. The summed E-state index contributed by atoms with van der Waals surface area (Å²) in [6, 6.07) is 0. The fourth-order valence-corrected chi connectivity index (χ4v) is 2.05. The third-order valence-electron chi connectivity index (χ3n) is 3.95. The molecule has 3 nitrogen and oxygen atoms in total. The van der Waals surface area contributed by atoms with Gasteiger partial charge in [-0.1, -0.05) is 34.6 Å². The van der Waals surface area contributed by atoms with Crippen molar-refractivity contribution in [1.82, 2.24) is 9.80 Å². The summed E-state index contributed by atoms with van der Waals surface area (Å²) >= 11 is 0. The molecule has 0 amide bonds. The predicted octanol–water partition coefficient (Wildman–Crippen LogP) is 2.42. The summed E-state index contributed by atoms with van der Waals surface area (Å²) in [4.78, 5) is 5.05. The molecule has 110 valence electrons. The molecule has 18 heavy (non-hydrogen) atoms. The van der Waals surface area contributed by atoms with Gasteiger partial charge < -0.3 is 15.5 Å².